The zero-order chi connectivity index (χ0) is 20.6. The van der Waals surface area contributed by atoms with Crippen molar-refractivity contribution in [1.29, 1.82) is 0 Å². The molecule has 6 nitrogen and oxygen atoms in total. The first-order valence-electron chi connectivity index (χ1n) is 9.95. The molecule has 7 heteroatoms. The van der Waals surface area contributed by atoms with Crippen LogP contribution in [0, 0.1) is 6.92 Å². The normalized spacial score (nSPS) is 16.3. The maximum Gasteiger partial charge on any atom is 0.261 e. The van der Waals surface area contributed by atoms with Crippen LogP contribution < -0.4 is 5.56 Å². The van der Waals surface area contributed by atoms with E-state index in [1.165, 1.54) is 0 Å². The number of amides is 1. The molecule has 1 amide bonds. The van der Waals surface area contributed by atoms with Crippen molar-refractivity contribution >= 4 is 28.1 Å². The summed E-state index contributed by atoms with van der Waals surface area (Å²) in [5.74, 6) is 0.685. The average Bonchev–Trinajstić information content (AvgIpc) is 3.16. The number of carbonyl (C=O) groups is 1. The number of nitrogens with zero attached hydrogens (tertiary/aromatic N) is 3. The first-order valence-corrected chi connectivity index (χ1v) is 10.8. The van der Waals surface area contributed by atoms with Crippen molar-refractivity contribution in [3.05, 3.63) is 62.3 Å². The fraction of sp³-hybridized carbons (Fsp3) is 0.409. The number of piperidine rings is 1. The fourth-order valence-corrected chi connectivity index (χ4v) is 4.64. The summed E-state index contributed by atoms with van der Waals surface area (Å²) in [5.41, 5.74) is 0.248. The quantitative estimate of drug-likeness (QED) is 0.716. The van der Waals surface area contributed by atoms with Gasteiger partial charge in [0.05, 0.1) is 28.6 Å². The highest BCUT2D eigenvalue weighted by molar-refractivity contribution is 7.10. The standard InChI is InChI=1S/C22H25N3O3S/c1-3-19-23-18-7-5-4-6-17(18)21(27)25(19)14-22(28)8-10-24(11-9-22)20(26)16-12-15(2)29-13-16/h4-7,12-13,28H,3,8-11,14H2,1-2H3. The molecule has 0 atom stereocenters. The van der Waals surface area contributed by atoms with Crippen LogP contribution in [0.2, 0.25) is 0 Å². The molecule has 3 heterocycles. The van der Waals surface area contributed by atoms with Crippen LogP contribution in [0.4, 0.5) is 0 Å². The highest BCUT2D eigenvalue weighted by Gasteiger charge is 2.35. The summed E-state index contributed by atoms with van der Waals surface area (Å²) >= 11 is 1.56. The minimum Gasteiger partial charge on any atom is -0.388 e. The van der Waals surface area contributed by atoms with Gasteiger partial charge in [0.15, 0.2) is 0 Å². The number of hydrogen-bond acceptors (Lipinski definition) is 5. The van der Waals surface area contributed by atoms with Gasteiger partial charge in [-0.2, -0.15) is 0 Å². The van der Waals surface area contributed by atoms with E-state index in [-0.39, 0.29) is 18.0 Å². The summed E-state index contributed by atoms with van der Waals surface area (Å²) in [7, 11) is 0. The van der Waals surface area contributed by atoms with Crippen molar-refractivity contribution in [3.8, 4) is 0 Å². The highest BCUT2D eigenvalue weighted by Crippen LogP contribution is 2.26. The summed E-state index contributed by atoms with van der Waals surface area (Å²) in [5, 5.41) is 13.6. The van der Waals surface area contributed by atoms with E-state index >= 15 is 0 Å². The molecule has 0 saturated carbocycles. The lowest BCUT2D eigenvalue weighted by Crippen LogP contribution is -2.50. The third-order valence-electron chi connectivity index (χ3n) is 5.67. The second-order valence-corrected chi connectivity index (χ2v) is 8.87. The minimum atomic E-state index is -1.03. The maximum absolute atomic E-state index is 13.0. The van der Waals surface area contributed by atoms with Crippen molar-refractivity contribution in [2.45, 2.75) is 45.3 Å². The lowest BCUT2D eigenvalue weighted by molar-refractivity contribution is -0.0304. The number of benzene rings is 1. The van der Waals surface area contributed by atoms with E-state index in [4.69, 9.17) is 0 Å². The van der Waals surface area contributed by atoms with E-state index < -0.39 is 5.60 Å². The Morgan fingerprint density at radius 1 is 1.28 bits per heavy atom. The highest BCUT2D eigenvalue weighted by atomic mass is 32.1. The first-order chi connectivity index (χ1) is 13.9. The van der Waals surface area contributed by atoms with E-state index in [1.807, 2.05) is 43.5 Å². The molecule has 2 aromatic heterocycles. The largest absolute Gasteiger partial charge is 0.388 e. The molecule has 29 heavy (non-hydrogen) atoms. The molecule has 3 aromatic rings. The number of hydrogen-bond donors (Lipinski definition) is 1. The average molecular weight is 412 g/mol. The van der Waals surface area contributed by atoms with Crippen LogP contribution in [-0.4, -0.2) is 44.2 Å². The molecule has 0 radical (unpaired) electrons. The molecule has 1 aromatic carbocycles. The van der Waals surface area contributed by atoms with Crippen LogP contribution >= 0.6 is 11.3 Å². The molecule has 1 saturated heterocycles. The van der Waals surface area contributed by atoms with Crippen LogP contribution in [0.25, 0.3) is 10.9 Å². The molecule has 4 rings (SSSR count). The molecule has 1 N–H and O–H groups in total. The van der Waals surface area contributed by atoms with Gasteiger partial charge in [-0.1, -0.05) is 19.1 Å². The number of aromatic nitrogens is 2. The van der Waals surface area contributed by atoms with E-state index in [0.717, 1.165) is 4.88 Å². The number of fused-ring (bicyclic) bond motifs is 1. The van der Waals surface area contributed by atoms with Crippen LogP contribution in [-0.2, 0) is 13.0 Å². The number of thiophene rings is 1. The topological polar surface area (TPSA) is 75.4 Å². The second-order valence-electron chi connectivity index (χ2n) is 7.75. The Balaban J connectivity index is 1.54. The Labute approximate surface area is 173 Å². The SMILES string of the molecule is CCc1nc2ccccc2c(=O)n1CC1(O)CCN(C(=O)c2csc(C)c2)CC1. The predicted molar refractivity (Wildman–Crippen MR) is 115 cm³/mol. The Kier molecular flexibility index (Phi) is 5.27. The Morgan fingerprint density at radius 2 is 2.00 bits per heavy atom. The van der Waals surface area contributed by atoms with Gasteiger partial charge < -0.3 is 10.0 Å². The maximum atomic E-state index is 13.0. The van der Waals surface area contributed by atoms with Crippen LogP contribution in [0.15, 0.2) is 40.5 Å². The molecule has 1 aliphatic heterocycles. The fourth-order valence-electron chi connectivity index (χ4n) is 3.96. The van der Waals surface area contributed by atoms with E-state index in [9.17, 15) is 14.7 Å². The molecule has 0 spiro atoms. The zero-order valence-electron chi connectivity index (χ0n) is 16.7. The summed E-state index contributed by atoms with van der Waals surface area (Å²) in [6.07, 6.45) is 1.48. The minimum absolute atomic E-state index is 0.00943. The summed E-state index contributed by atoms with van der Waals surface area (Å²) in [4.78, 5) is 33.2. The Morgan fingerprint density at radius 3 is 2.66 bits per heavy atom. The molecule has 0 bridgehead atoms. The van der Waals surface area contributed by atoms with Gasteiger partial charge in [-0.05, 0) is 38.0 Å². The van der Waals surface area contributed by atoms with Gasteiger partial charge in [-0.3, -0.25) is 14.2 Å². The Hall–Kier alpha value is -2.51. The van der Waals surface area contributed by atoms with Gasteiger partial charge in [0.25, 0.3) is 11.5 Å². The lowest BCUT2D eigenvalue weighted by atomic mass is 9.90. The number of rotatable bonds is 4. The third kappa shape index (κ3) is 3.84. The molecule has 0 unspecified atom stereocenters. The zero-order valence-corrected chi connectivity index (χ0v) is 17.5. The number of aryl methyl sites for hydroxylation is 2. The smallest absolute Gasteiger partial charge is 0.261 e. The summed E-state index contributed by atoms with van der Waals surface area (Å²) in [6.45, 7) is 5.09. The van der Waals surface area contributed by atoms with Crippen molar-refractivity contribution in [3.63, 3.8) is 0 Å². The van der Waals surface area contributed by atoms with Crippen LogP contribution in [0.5, 0.6) is 0 Å². The Bertz CT molecular complexity index is 1110. The van der Waals surface area contributed by atoms with Gasteiger partial charge in [0.2, 0.25) is 0 Å². The lowest BCUT2D eigenvalue weighted by Gasteiger charge is -2.38. The van der Waals surface area contributed by atoms with E-state index in [0.29, 0.717) is 54.6 Å². The van der Waals surface area contributed by atoms with Gasteiger partial charge in [-0.15, -0.1) is 11.3 Å². The molecule has 1 fully saturated rings. The van der Waals surface area contributed by atoms with Crippen LogP contribution in [0.1, 0.15) is 40.8 Å². The van der Waals surface area contributed by atoms with E-state index in [1.54, 1.807) is 26.9 Å². The first kappa shape index (κ1) is 19.8. The van der Waals surface area contributed by atoms with Crippen molar-refractivity contribution in [2.75, 3.05) is 13.1 Å². The number of para-hydroxylation sites is 1. The summed E-state index contributed by atoms with van der Waals surface area (Å²) < 4.78 is 1.61. The monoisotopic (exact) mass is 411 g/mol. The van der Waals surface area contributed by atoms with Gasteiger partial charge in [-0.25, -0.2) is 4.98 Å². The van der Waals surface area contributed by atoms with Gasteiger partial charge in [0, 0.05) is 29.8 Å². The number of carbonyl (C=O) groups excluding carboxylic acids is 1. The third-order valence-corrected chi connectivity index (χ3v) is 6.53. The molecule has 1 aliphatic rings. The molecular weight excluding hydrogens is 386 g/mol. The summed E-state index contributed by atoms with van der Waals surface area (Å²) in [6, 6.07) is 9.21. The van der Waals surface area contributed by atoms with Crippen molar-refractivity contribution in [1.82, 2.24) is 14.5 Å². The van der Waals surface area contributed by atoms with E-state index in [2.05, 4.69) is 4.98 Å². The number of aliphatic hydroxyl groups is 1. The number of likely N-dealkylation sites (tertiary alicyclic amines) is 1. The molecular formula is C22H25N3O3S. The van der Waals surface area contributed by atoms with Crippen LogP contribution in [0.3, 0.4) is 0 Å². The molecule has 152 valence electrons. The van der Waals surface area contributed by atoms with Gasteiger partial charge in [0.1, 0.15) is 5.82 Å². The van der Waals surface area contributed by atoms with Crippen molar-refractivity contribution < 1.29 is 9.90 Å². The van der Waals surface area contributed by atoms with Gasteiger partial charge >= 0.3 is 0 Å². The molecule has 0 aliphatic carbocycles. The van der Waals surface area contributed by atoms with Crippen molar-refractivity contribution in [2.24, 2.45) is 0 Å². The predicted octanol–water partition coefficient (Wildman–Crippen LogP) is 3.00. The second kappa shape index (κ2) is 7.72.